The molecule has 0 N–H and O–H groups in total. The van der Waals surface area contributed by atoms with E-state index in [1.807, 2.05) is 26.0 Å². The van der Waals surface area contributed by atoms with E-state index in [4.69, 9.17) is 44.1 Å². The summed E-state index contributed by atoms with van der Waals surface area (Å²) in [5.74, 6) is -0.992. The largest absolute Gasteiger partial charge is 0.467 e. The third kappa shape index (κ3) is 14.1. The van der Waals surface area contributed by atoms with Gasteiger partial charge in [0.2, 0.25) is 0 Å². The first kappa shape index (κ1) is 52.8. The van der Waals surface area contributed by atoms with Gasteiger partial charge >= 0.3 is 5.97 Å². The Balaban J connectivity index is 1.70. The lowest BCUT2D eigenvalue weighted by Crippen LogP contribution is -2.67. The molecule has 0 radical (unpaired) electrons. The summed E-state index contributed by atoms with van der Waals surface area (Å²) in [7, 11) is -5.03. The summed E-state index contributed by atoms with van der Waals surface area (Å²) in [6.45, 7) is 33.6. The monoisotopic (exact) mass is 936 g/mol. The van der Waals surface area contributed by atoms with Crippen molar-refractivity contribution in [2.45, 2.75) is 155 Å². The zero-order valence-corrected chi connectivity index (χ0v) is 44.9. The Morgan fingerprint density at radius 2 is 1.43 bits per heavy atom. The third-order valence-corrected chi connectivity index (χ3v) is 23.8. The summed E-state index contributed by atoms with van der Waals surface area (Å²) < 4.78 is 45.1. The number of methoxy groups -OCH3 is 1. The van der Waals surface area contributed by atoms with Crippen LogP contribution in [-0.4, -0.2) is 81.4 Å². The van der Waals surface area contributed by atoms with Crippen molar-refractivity contribution in [3.05, 3.63) is 107 Å². The average molecular weight is 938 g/mol. The molecule has 0 saturated carbocycles. The molecule has 3 aromatic rings. The van der Waals surface area contributed by atoms with Gasteiger partial charge in [0.25, 0.3) is 8.32 Å². The molecule has 1 saturated heterocycles. The van der Waals surface area contributed by atoms with E-state index < -0.39 is 48.7 Å². The number of carbonyl (C=O) groups excluding carboxylic acids is 1. The molecule has 4 rings (SSSR count). The highest BCUT2D eigenvalue weighted by Gasteiger charge is 2.52. The van der Waals surface area contributed by atoms with Gasteiger partial charge in [0, 0.05) is 26.3 Å². The molecule has 1 heterocycles. The second-order valence-electron chi connectivity index (χ2n) is 21.2. The van der Waals surface area contributed by atoms with E-state index in [2.05, 4.69) is 161 Å². The maximum absolute atomic E-state index is 13.7. The number of hydrogen-bond donors (Lipinski definition) is 0. The van der Waals surface area contributed by atoms with E-state index in [0.29, 0.717) is 34.9 Å². The molecule has 3 aromatic carbocycles. The van der Waals surface area contributed by atoms with Crippen LogP contribution in [0.1, 0.15) is 91.6 Å². The minimum absolute atomic E-state index is 0.0344. The Bertz CT molecular complexity index is 1940. The Labute approximate surface area is 388 Å². The maximum atomic E-state index is 13.7. The summed E-state index contributed by atoms with van der Waals surface area (Å²) in [5, 5.41) is 2.73. The molecule has 8 nitrogen and oxygen atoms in total. The van der Waals surface area contributed by atoms with Crippen LogP contribution in [0.5, 0.6) is 5.75 Å². The Hall–Kier alpha value is -2.85. The number of benzene rings is 3. The van der Waals surface area contributed by atoms with Crippen molar-refractivity contribution >= 4 is 58.7 Å². The first-order chi connectivity index (χ1) is 29.2. The molecule has 0 spiro atoms. The van der Waals surface area contributed by atoms with Crippen LogP contribution < -0.4 is 15.1 Å². The molecule has 0 aliphatic carbocycles. The topological polar surface area (TPSA) is 81.7 Å². The zero-order valence-electron chi connectivity index (χ0n) is 41.1. The Morgan fingerprint density at radius 3 is 1.95 bits per heavy atom. The van der Waals surface area contributed by atoms with Crippen molar-refractivity contribution in [1.82, 2.24) is 0 Å². The van der Waals surface area contributed by atoms with E-state index in [1.54, 1.807) is 12.1 Å². The average Bonchev–Trinajstić information content (AvgIpc) is 3.49. The minimum atomic E-state index is -2.79. The van der Waals surface area contributed by atoms with Crippen LogP contribution in [0, 0.1) is 5.92 Å². The van der Waals surface area contributed by atoms with Gasteiger partial charge in [-0.3, -0.25) is 0 Å². The lowest BCUT2D eigenvalue weighted by molar-refractivity contribution is -0.151. The van der Waals surface area contributed by atoms with Crippen LogP contribution in [-0.2, 0) is 27.8 Å². The van der Waals surface area contributed by atoms with Crippen LogP contribution in [0.2, 0.25) is 53.9 Å². The zero-order chi connectivity index (χ0) is 47.0. The molecule has 63 heavy (non-hydrogen) atoms. The van der Waals surface area contributed by atoms with Gasteiger partial charge in [-0.15, -0.1) is 0 Å². The quantitative estimate of drug-likeness (QED) is 0.0480. The van der Waals surface area contributed by atoms with Crippen molar-refractivity contribution in [2.24, 2.45) is 5.92 Å². The summed E-state index contributed by atoms with van der Waals surface area (Å²) in [4.78, 5) is 13.7. The molecule has 1 aliphatic rings. The van der Waals surface area contributed by atoms with Crippen LogP contribution >= 0.6 is 11.6 Å². The van der Waals surface area contributed by atoms with Gasteiger partial charge in [-0.25, -0.2) is 4.79 Å². The van der Waals surface area contributed by atoms with Crippen LogP contribution in [0.15, 0.2) is 91.0 Å². The van der Waals surface area contributed by atoms with E-state index in [9.17, 15) is 4.79 Å². The molecule has 0 amide bonds. The standard InChI is InChI=1S/C51H77ClO8Si3/c1-37(38(2)59-63(50(6,7)8,41-25-19-17-20-26-41)42-27-21-18-22-28-42)30-31-44(60-62(15,16)49(3,4)5)47-43(57-51(9,10)58-47)29-23-24-39-34-40(52)35-45(56-36-54-11)46(39)48(53)55-32-33-61(12,13)14/h17-28,30-31,34-35,37-38,43-44,47H,29,32-33,36H2,1-16H3/t37-,38-,43+,44?,47+/m1/s1. The van der Waals surface area contributed by atoms with Gasteiger partial charge in [0.15, 0.2) is 20.9 Å². The molecule has 0 aromatic heterocycles. The van der Waals surface area contributed by atoms with Crippen molar-refractivity contribution < 1.29 is 37.3 Å². The van der Waals surface area contributed by atoms with E-state index >= 15 is 0 Å². The van der Waals surface area contributed by atoms with Crippen molar-refractivity contribution in [3.63, 3.8) is 0 Å². The van der Waals surface area contributed by atoms with E-state index in [0.717, 1.165) is 6.04 Å². The minimum Gasteiger partial charge on any atom is -0.467 e. The second-order valence-corrected chi connectivity index (χ2v) is 36.3. The molecular weight excluding hydrogens is 860 g/mol. The van der Waals surface area contributed by atoms with Crippen LogP contribution in [0.25, 0.3) is 6.08 Å². The Kier molecular flexibility index (Phi) is 18.1. The van der Waals surface area contributed by atoms with Gasteiger partial charge in [0.05, 0.1) is 18.8 Å². The third-order valence-electron chi connectivity index (χ3n) is 12.3. The number of ether oxygens (including phenoxy) is 5. The van der Waals surface area contributed by atoms with Crippen molar-refractivity contribution in [1.29, 1.82) is 0 Å². The van der Waals surface area contributed by atoms with Crippen molar-refractivity contribution in [2.75, 3.05) is 20.5 Å². The molecular formula is C51H77ClO8Si3. The van der Waals surface area contributed by atoms with E-state index in [-0.39, 0.29) is 35.0 Å². The molecule has 1 aliphatic heterocycles. The number of hydrogen-bond acceptors (Lipinski definition) is 8. The predicted molar refractivity (Wildman–Crippen MR) is 268 cm³/mol. The highest BCUT2D eigenvalue weighted by atomic mass is 35.5. The first-order valence-electron chi connectivity index (χ1n) is 22.5. The highest BCUT2D eigenvalue weighted by Crippen LogP contribution is 2.42. The van der Waals surface area contributed by atoms with Gasteiger partial charge < -0.3 is 32.5 Å². The van der Waals surface area contributed by atoms with Gasteiger partial charge in [-0.1, -0.05) is 165 Å². The second kappa shape index (κ2) is 21.6. The van der Waals surface area contributed by atoms with Gasteiger partial charge in [-0.2, -0.15) is 0 Å². The van der Waals surface area contributed by atoms with E-state index in [1.165, 1.54) is 17.5 Å². The van der Waals surface area contributed by atoms with Crippen LogP contribution in [0.4, 0.5) is 0 Å². The predicted octanol–water partition coefficient (Wildman–Crippen LogP) is 12.3. The summed E-state index contributed by atoms with van der Waals surface area (Å²) >= 11 is 6.61. The lowest BCUT2D eigenvalue weighted by Gasteiger charge is -2.45. The number of esters is 1. The SMILES string of the molecule is COCOc1cc(Cl)cc(C=CC[C@@H]2OC(C)(C)O[C@@H]2C(C=C[C@@H](C)[C@@H](C)O[Si](c2ccccc2)(c2ccccc2)C(C)(C)C)O[Si](C)(C)C(C)(C)C)c1C(=O)OCC[Si](C)(C)C. The number of carbonyl (C=O) groups is 1. The number of halogens is 1. The van der Waals surface area contributed by atoms with Crippen molar-refractivity contribution in [3.8, 4) is 5.75 Å². The molecule has 5 atom stereocenters. The van der Waals surface area contributed by atoms with Gasteiger partial charge in [-0.05, 0) is 90.4 Å². The summed E-state index contributed by atoms with van der Waals surface area (Å²) in [6.07, 6.45) is 7.47. The summed E-state index contributed by atoms with van der Waals surface area (Å²) in [6, 6.07) is 25.8. The fourth-order valence-electron chi connectivity index (χ4n) is 7.61. The fraction of sp³-hybridized carbons (Fsp3) is 0.549. The summed E-state index contributed by atoms with van der Waals surface area (Å²) in [5.41, 5.74) is 0.883. The maximum Gasteiger partial charge on any atom is 0.342 e. The van der Waals surface area contributed by atoms with Gasteiger partial charge in [0.1, 0.15) is 17.4 Å². The normalized spacial score (nSPS) is 19.1. The lowest BCUT2D eigenvalue weighted by atomic mass is 10.00. The molecule has 1 unspecified atom stereocenters. The molecule has 348 valence electrons. The molecule has 0 bridgehead atoms. The first-order valence-corrected chi connectivity index (χ1v) is 31.4. The number of rotatable bonds is 20. The van der Waals surface area contributed by atoms with Crippen LogP contribution in [0.3, 0.4) is 0 Å². The smallest absolute Gasteiger partial charge is 0.342 e. The Morgan fingerprint density at radius 1 is 0.841 bits per heavy atom. The molecule has 1 fully saturated rings. The molecule has 12 heteroatoms. The fourth-order valence-corrected chi connectivity index (χ4v) is 14.6. The highest BCUT2D eigenvalue weighted by molar-refractivity contribution is 6.99.